The third kappa shape index (κ3) is 3.02. The molecule has 0 radical (unpaired) electrons. The van der Waals surface area contributed by atoms with Gasteiger partial charge in [0.1, 0.15) is 0 Å². The van der Waals surface area contributed by atoms with Gasteiger partial charge in [-0.05, 0) is 48.6 Å². The average molecular weight is 300 g/mol. The first-order valence-electron chi connectivity index (χ1n) is 5.79. The number of likely N-dealkylation sites (N-methyl/N-ethyl adjacent to an activating group) is 1. The van der Waals surface area contributed by atoms with Crippen molar-refractivity contribution < 1.29 is 0 Å². The smallest absolute Gasteiger partial charge is 0.0178 e. The van der Waals surface area contributed by atoms with Gasteiger partial charge in [0.2, 0.25) is 0 Å². The first kappa shape index (κ1) is 12.5. The van der Waals surface area contributed by atoms with Gasteiger partial charge in [-0.15, -0.1) is 0 Å². The van der Waals surface area contributed by atoms with E-state index in [0.29, 0.717) is 5.92 Å². The van der Waals surface area contributed by atoms with Crippen molar-refractivity contribution >= 4 is 27.7 Å². The Morgan fingerprint density at radius 3 is 3.06 bits per heavy atom. The highest BCUT2D eigenvalue weighted by molar-refractivity contribution is 9.10. The highest BCUT2D eigenvalue weighted by Crippen LogP contribution is 2.36. The minimum absolute atomic E-state index is 0.664. The zero-order valence-corrected chi connectivity index (χ0v) is 12.0. The molecule has 1 saturated heterocycles. The number of hydrogen-bond acceptors (Lipinski definition) is 2. The van der Waals surface area contributed by atoms with Gasteiger partial charge in [-0.25, -0.2) is 0 Å². The minimum atomic E-state index is 0.664. The van der Waals surface area contributed by atoms with Crippen molar-refractivity contribution in [3.05, 3.63) is 34.3 Å². The Morgan fingerprint density at radius 1 is 1.56 bits per heavy atom. The molecule has 1 aliphatic rings. The lowest BCUT2D eigenvalue weighted by Gasteiger charge is -2.23. The fourth-order valence-electron chi connectivity index (χ4n) is 2.38. The molecule has 1 nitrogen and oxygen atoms in total. The highest BCUT2D eigenvalue weighted by atomic mass is 79.9. The zero-order chi connectivity index (χ0) is 11.4. The largest absolute Gasteiger partial charge is 0.319 e. The fourth-order valence-corrected chi connectivity index (χ4v) is 4.14. The molecule has 1 aromatic carbocycles. The van der Waals surface area contributed by atoms with E-state index in [9.17, 15) is 0 Å². The van der Waals surface area contributed by atoms with Crippen LogP contribution in [0.25, 0.3) is 0 Å². The van der Waals surface area contributed by atoms with Gasteiger partial charge >= 0.3 is 0 Å². The summed E-state index contributed by atoms with van der Waals surface area (Å²) in [5.41, 5.74) is 1.47. The van der Waals surface area contributed by atoms with Gasteiger partial charge in [-0.3, -0.25) is 0 Å². The zero-order valence-electron chi connectivity index (χ0n) is 9.58. The number of thioether (sulfide) groups is 1. The maximum atomic E-state index is 3.56. The summed E-state index contributed by atoms with van der Waals surface area (Å²) in [6.45, 7) is 1.08. The molecule has 0 aromatic heterocycles. The molecule has 3 heteroatoms. The average Bonchev–Trinajstić information content (AvgIpc) is 2.79. The molecule has 1 aliphatic heterocycles. The summed E-state index contributed by atoms with van der Waals surface area (Å²) >= 11 is 5.66. The van der Waals surface area contributed by atoms with Gasteiger partial charge < -0.3 is 5.32 Å². The quantitative estimate of drug-likeness (QED) is 0.913. The maximum Gasteiger partial charge on any atom is 0.0178 e. The van der Waals surface area contributed by atoms with E-state index >= 15 is 0 Å². The van der Waals surface area contributed by atoms with Crippen LogP contribution >= 0.6 is 27.7 Å². The Hall–Kier alpha value is 0.01000. The third-order valence-electron chi connectivity index (χ3n) is 3.23. The Labute approximate surface area is 111 Å². The summed E-state index contributed by atoms with van der Waals surface area (Å²) in [6.07, 6.45) is 1.36. The molecule has 16 heavy (non-hydrogen) atoms. The van der Waals surface area contributed by atoms with Crippen LogP contribution in [0.15, 0.2) is 28.7 Å². The van der Waals surface area contributed by atoms with Crippen LogP contribution in [0.1, 0.15) is 17.9 Å². The summed E-state index contributed by atoms with van der Waals surface area (Å²) in [7, 11) is 2.05. The Balaban J connectivity index is 2.17. The van der Waals surface area contributed by atoms with Crippen LogP contribution in [0.4, 0.5) is 0 Å². The molecule has 2 atom stereocenters. The topological polar surface area (TPSA) is 12.0 Å². The molecular weight excluding hydrogens is 282 g/mol. The van der Waals surface area contributed by atoms with E-state index in [1.807, 2.05) is 7.05 Å². The molecule has 88 valence electrons. The summed E-state index contributed by atoms with van der Waals surface area (Å²) < 4.78 is 1.19. The second kappa shape index (κ2) is 6.08. The summed E-state index contributed by atoms with van der Waals surface area (Å²) in [6, 6.07) is 8.77. The van der Waals surface area contributed by atoms with Gasteiger partial charge in [-0.2, -0.15) is 11.8 Å². The Bertz CT molecular complexity index is 336. The van der Waals surface area contributed by atoms with Gasteiger partial charge in [0.05, 0.1) is 0 Å². The first-order chi connectivity index (χ1) is 7.81. The number of hydrogen-bond donors (Lipinski definition) is 1. The molecule has 2 rings (SSSR count). The van der Waals surface area contributed by atoms with Crippen molar-refractivity contribution in [2.75, 3.05) is 25.1 Å². The van der Waals surface area contributed by atoms with Crippen LogP contribution in [0.2, 0.25) is 0 Å². The van der Waals surface area contributed by atoms with Crippen LogP contribution in [0.3, 0.4) is 0 Å². The summed E-state index contributed by atoms with van der Waals surface area (Å²) in [5.74, 6) is 4.15. The van der Waals surface area contributed by atoms with Gasteiger partial charge in [0.25, 0.3) is 0 Å². The summed E-state index contributed by atoms with van der Waals surface area (Å²) in [5, 5.41) is 3.34. The minimum Gasteiger partial charge on any atom is -0.319 e. The molecule has 2 unspecified atom stereocenters. The number of nitrogens with one attached hydrogen (secondary N) is 1. The van der Waals surface area contributed by atoms with E-state index in [0.717, 1.165) is 12.5 Å². The number of halogens is 1. The van der Waals surface area contributed by atoms with E-state index < -0.39 is 0 Å². The second-order valence-electron chi connectivity index (χ2n) is 4.34. The maximum absolute atomic E-state index is 3.56. The third-order valence-corrected chi connectivity index (χ3v) is 4.92. The van der Waals surface area contributed by atoms with E-state index in [2.05, 4.69) is 57.3 Å². The van der Waals surface area contributed by atoms with Crippen molar-refractivity contribution in [3.8, 4) is 0 Å². The molecule has 0 spiro atoms. The molecule has 0 bridgehead atoms. The monoisotopic (exact) mass is 299 g/mol. The van der Waals surface area contributed by atoms with Crippen molar-refractivity contribution in [1.29, 1.82) is 0 Å². The van der Waals surface area contributed by atoms with Gasteiger partial charge in [0.15, 0.2) is 0 Å². The molecule has 0 saturated carbocycles. The van der Waals surface area contributed by atoms with E-state index in [4.69, 9.17) is 0 Å². The predicted molar refractivity (Wildman–Crippen MR) is 76.2 cm³/mol. The number of benzene rings is 1. The fraction of sp³-hybridized carbons (Fsp3) is 0.538. The summed E-state index contributed by atoms with van der Waals surface area (Å²) in [4.78, 5) is 0. The molecule has 1 fully saturated rings. The number of rotatable bonds is 4. The van der Waals surface area contributed by atoms with Crippen molar-refractivity contribution in [3.63, 3.8) is 0 Å². The SMILES string of the molecule is CNCC(c1cccc(Br)c1)C1CCSC1. The molecule has 1 aromatic rings. The van der Waals surface area contributed by atoms with E-state index in [1.165, 1.54) is 28.0 Å². The molecule has 1 N–H and O–H groups in total. The second-order valence-corrected chi connectivity index (χ2v) is 6.41. The highest BCUT2D eigenvalue weighted by Gasteiger charge is 2.26. The molecule has 1 heterocycles. The molecule has 0 amide bonds. The van der Waals surface area contributed by atoms with E-state index in [-0.39, 0.29) is 0 Å². The Morgan fingerprint density at radius 2 is 2.44 bits per heavy atom. The lowest BCUT2D eigenvalue weighted by Crippen LogP contribution is -2.24. The normalized spacial score (nSPS) is 22.2. The van der Waals surface area contributed by atoms with Crippen LogP contribution in [0.5, 0.6) is 0 Å². The van der Waals surface area contributed by atoms with Crippen molar-refractivity contribution in [2.45, 2.75) is 12.3 Å². The standard InChI is InChI=1S/C13H18BrNS/c1-15-8-13(11-5-6-16-9-11)10-3-2-4-12(14)7-10/h2-4,7,11,13,15H,5-6,8-9H2,1H3. The first-order valence-corrected chi connectivity index (χ1v) is 7.74. The van der Waals surface area contributed by atoms with Crippen molar-refractivity contribution in [1.82, 2.24) is 5.32 Å². The Kier molecular flexibility index (Phi) is 4.74. The molecule has 0 aliphatic carbocycles. The molecular formula is C13H18BrNS. The lowest BCUT2D eigenvalue weighted by atomic mass is 9.85. The van der Waals surface area contributed by atoms with Crippen molar-refractivity contribution in [2.24, 2.45) is 5.92 Å². The van der Waals surface area contributed by atoms with Crippen LogP contribution in [-0.4, -0.2) is 25.1 Å². The van der Waals surface area contributed by atoms with Crippen LogP contribution < -0.4 is 5.32 Å². The lowest BCUT2D eigenvalue weighted by molar-refractivity contribution is 0.453. The van der Waals surface area contributed by atoms with Gasteiger partial charge in [-0.1, -0.05) is 28.1 Å². The van der Waals surface area contributed by atoms with Gasteiger partial charge in [0, 0.05) is 16.9 Å². The predicted octanol–water partition coefficient (Wildman–Crippen LogP) is 3.51. The van der Waals surface area contributed by atoms with Crippen LogP contribution in [0, 0.1) is 5.92 Å². The van der Waals surface area contributed by atoms with E-state index in [1.54, 1.807) is 0 Å². The van der Waals surface area contributed by atoms with Crippen LogP contribution in [-0.2, 0) is 0 Å².